The first-order valence-electron chi connectivity index (χ1n) is 6.53. The predicted molar refractivity (Wildman–Crippen MR) is 77.2 cm³/mol. The summed E-state index contributed by atoms with van der Waals surface area (Å²) in [5.74, 6) is 0.655. The van der Waals surface area contributed by atoms with E-state index in [4.69, 9.17) is 4.98 Å². The first-order chi connectivity index (χ1) is 8.81. The largest absolute Gasteiger partial charge is 0.316 e. The number of imidazole rings is 1. The number of aromatic nitrogens is 2. The standard InChI is InChI=1S/C14H19N3S/c1-10-9-15-8-7-12(10)17-13-6-4-3-5-11(13)16-14(17)18-2/h3-6,10,12,15H,7-9H2,1-2H3/t10-,12-/m0/s1. The molecule has 0 radical (unpaired) electrons. The monoisotopic (exact) mass is 261 g/mol. The molecule has 2 aromatic rings. The van der Waals surface area contributed by atoms with Gasteiger partial charge >= 0.3 is 0 Å². The van der Waals surface area contributed by atoms with Crippen LogP contribution in [0.4, 0.5) is 0 Å². The fraction of sp³-hybridized carbons (Fsp3) is 0.500. The molecule has 0 spiro atoms. The minimum atomic E-state index is 0.570. The summed E-state index contributed by atoms with van der Waals surface area (Å²) in [6.07, 6.45) is 3.30. The van der Waals surface area contributed by atoms with E-state index >= 15 is 0 Å². The molecule has 1 N–H and O–H groups in total. The molecule has 3 nitrogen and oxygen atoms in total. The summed E-state index contributed by atoms with van der Waals surface area (Å²) in [5, 5.41) is 4.62. The zero-order valence-corrected chi connectivity index (χ0v) is 11.7. The van der Waals surface area contributed by atoms with Crippen molar-refractivity contribution < 1.29 is 0 Å². The number of thioether (sulfide) groups is 1. The van der Waals surface area contributed by atoms with Gasteiger partial charge in [0, 0.05) is 6.04 Å². The fourth-order valence-corrected chi connectivity index (χ4v) is 3.49. The van der Waals surface area contributed by atoms with Crippen LogP contribution < -0.4 is 5.32 Å². The zero-order valence-electron chi connectivity index (χ0n) is 10.9. The molecule has 1 fully saturated rings. The highest BCUT2D eigenvalue weighted by atomic mass is 32.2. The number of nitrogens with one attached hydrogen (secondary N) is 1. The highest BCUT2D eigenvalue weighted by Gasteiger charge is 2.26. The van der Waals surface area contributed by atoms with Crippen molar-refractivity contribution in [2.75, 3.05) is 19.3 Å². The number of piperidine rings is 1. The van der Waals surface area contributed by atoms with Crippen LogP contribution in [0.2, 0.25) is 0 Å². The molecule has 0 amide bonds. The molecule has 3 rings (SSSR count). The lowest BCUT2D eigenvalue weighted by molar-refractivity contribution is 0.267. The van der Waals surface area contributed by atoms with Crippen LogP contribution in [-0.2, 0) is 0 Å². The van der Waals surface area contributed by atoms with Crippen molar-refractivity contribution in [2.45, 2.75) is 24.5 Å². The molecule has 1 aliphatic heterocycles. The molecule has 4 heteroatoms. The topological polar surface area (TPSA) is 29.9 Å². The molecule has 96 valence electrons. The Kier molecular flexibility index (Phi) is 3.31. The van der Waals surface area contributed by atoms with Crippen molar-refractivity contribution in [3.8, 4) is 0 Å². The minimum absolute atomic E-state index is 0.570. The van der Waals surface area contributed by atoms with Crippen LogP contribution >= 0.6 is 11.8 Å². The summed E-state index contributed by atoms with van der Waals surface area (Å²) < 4.78 is 2.45. The molecule has 18 heavy (non-hydrogen) atoms. The number of para-hydroxylation sites is 2. The van der Waals surface area contributed by atoms with Gasteiger partial charge in [-0.25, -0.2) is 4.98 Å². The Balaban J connectivity index is 2.13. The van der Waals surface area contributed by atoms with Gasteiger partial charge in [-0.2, -0.15) is 0 Å². The Labute approximate surface area is 112 Å². The number of rotatable bonds is 2. The van der Waals surface area contributed by atoms with E-state index in [0.29, 0.717) is 12.0 Å². The molecular weight excluding hydrogens is 242 g/mol. The molecule has 1 aromatic heterocycles. The number of fused-ring (bicyclic) bond motifs is 1. The molecular formula is C14H19N3S. The van der Waals surface area contributed by atoms with E-state index < -0.39 is 0 Å². The van der Waals surface area contributed by atoms with Crippen LogP contribution in [-0.4, -0.2) is 28.9 Å². The van der Waals surface area contributed by atoms with Gasteiger partial charge in [0.05, 0.1) is 11.0 Å². The van der Waals surface area contributed by atoms with Gasteiger partial charge in [0.2, 0.25) is 0 Å². The van der Waals surface area contributed by atoms with Crippen molar-refractivity contribution in [3.05, 3.63) is 24.3 Å². The summed E-state index contributed by atoms with van der Waals surface area (Å²) in [6, 6.07) is 9.04. The maximum absolute atomic E-state index is 4.75. The fourth-order valence-electron chi connectivity index (χ4n) is 2.87. The third kappa shape index (κ3) is 1.93. The van der Waals surface area contributed by atoms with Crippen LogP contribution in [0.1, 0.15) is 19.4 Å². The quantitative estimate of drug-likeness (QED) is 0.843. The minimum Gasteiger partial charge on any atom is -0.316 e. The van der Waals surface area contributed by atoms with E-state index in [-0.39, 0.29) is 0 Å². The second-order valence-electron chi connectivity index (χ2n) is 4.99. The van der Waals surface area contributed by atoms with Crippen molar-refractivity contribution in [1.82, 2.24) is 14.9 Å². The van der Waals surface area contributed by atoms with Gasteiger partial charge in [-0.15, -0.1) is 0 Å². The van der Waals surface area contributed by atoms with Crippen LogP contribution in [0.3, 0.4) is 0 Å². The molecule has 0 saturated carbocycles. The van der Waals surface area contributed by atoms with Crippen molar-refractivity contribution >= 4 is 22.8 Å². The molecule has 2 heterocycles. The van der Waals surface area contributed by atoms with Gasteiger partial charge in [0.1, 0.15) is 0 Å². The van der Waals surface area contributed by atoms with Crippen molar-refractivity contribution in [2.24, 2.45) is 5.92 Å². The van der Waals surface area contributed by atoms with Crippen LogP contribution in [0.15, 0.2) is 29.4 Å². The van der Waals surface area contributed by atoms with Gasteiger partial charge in [-0.1, -0.05) is 30.8 Å². The summed E-state index contributed by atoms with van der Waals surface area (Å²) in [7, 11) is 0. The third-order valence-corrected chi connectivity index (χ3v) is 4.47. The van der Waals surface area contributed by atoms with Crippen LogP contribution in [0, 0.1) is 5.92 Å². The Morgan fingerprint density at radius 1 is 1.39 bits per heavy atom. The highest BCUT2D eigenvalue weighted by molar-refractivity contribution is 7.98. The third-order valence-electron chi connectivity index (χ3n) is 3.82. The highest BCUT2D eigenvalue weighted by Crippen LogP contribution is 2.33. The zero-order chi connectivity index (χ0) is 12.5. The Hall–Kier alpha value is -1.00. The number of hydrogen-bond acceptors (Lipinski definition) is 3. The number of benzene rings is 1. The Morgan fingerprint density at radius 3 is 3.00 bits per heavy atom. The average molecular weight is 261 g/mol. The second-order valence-corrected chi connectivity index (χ2v) is 5.77. The summed E-state index contributed by atoms with van der Waals surface area (Å²) in [4.78, 5) is 4.75. The maximum Gasteiger partial charge on any atom is 0.169 e. The van der Waals surface area contributed by atoms with E-state index in [1.807, 2.05) is 0 Å². The molecule has 0 aliphatic carbocycles. The summed E-state index contributed by atoms with van der Waals surface area (Å²) >= 11 is 1.75. The lowest BCUT2D eigenvalue weighted by atomic mass is 9.95. The van der Waals surface area contributed by atoms with E-state index in [2.05, 4.69) is 47.3 Å². The molecule has 1 aliphatic rings. The van der Waals surface area contributed by atoms with E-state index in [1.54, 1.807) is 11.8 Å². The normalized spacial score (nSPS) is 24.6. The van der Waals surface area contributed by atoms with Crippen LogP contribution in [0.25, 0.3) is 11.0 Å². The number of hydrogen-bond donors (Lipinski definition) is 1. The maximum atomic E-state index is 4.75. The first-order valence-corrected chi connectivity index (χ1v) is 7.75. The SMILES string of the molecule is CSc1nc2ccccc2n1[C@H]1CCNC[C@@H]1C. The van der Waals surface area contributed by atoms with E-state index in [1.165, 1.54) is 11.9 Å². The van der Waals surface area contributed by atoms with Gasteiger partial charge in [-0.3, -0.25) is 0 Å². The average Bonchev–Trinajstić information content (AvgIpc) is 2.78. The van der Waals surface area contributed by atoms with Crippen LogP contribution in [0.5, 0.6) is 0 Å². The second kappa shape index (κ2) is 4.94. The Morgan fingerprint density at radius 2 is 2.22 bits per heavy atom. The number of nitrogens with zero attached hydrogens (tertiary/aromatic N) is 2. The molecule has 1 aromatic carbocycles. The van der Waals surface area contributed by atoms with E-state index in [9.17, 15) is 0 Å². The smallest absolute Gasteiger partial charge is 0.169 e. The molecule has 1 saturated heterocycles. The molecule has 0 bridgehead atoms. The molecule has 0 unspecified atom stereocenters. The van der Waals surface area contributed by atoms with Crippen molar-refractivity contribution in [3.63, 3.8) is 0 Å². The van der Waals surface area contributed by atoms with E-state index in [0.717, 1.165) is 23.8 Å². The summed E-state index contributed by atoms with van der Waals surface area (Å²) in [5.41, 5.74) is 2.40. The summed E-state index contributed by atoms with van der Waals surface area (Å²) in [6.45, 7) is 4.54. The lowest BCUT2D eigenvalue weighted by Gasteiger charge is -2.32. The lowest BCUT2D eigenvalue weighted by Crippen LogP contribution is -2.36. The first kappa shape index (κ1) is 12.1. The van der Waals surface area contributed by atoms with Gasteiger partial charge in [-0.05, 0) is 43.8 Å². The predicted octanol–water partition coefficient (Wildman–Crippen LogP) is 2.93. The van der Waals surface area contributed by atoms with Crippen molar-refractivity contribution in [1.29, 1.82) is 0 Å². The van der Waals surface area contributed by atoms with Gasteiger partial charge in [0.25, 0.3) is 0 Å². The van der Waals surface area contributed by atoms with Gasteiger partial charge in [0.15, 0.2) is 5.16 Å². The molecule has 2 atom stereocenters. The Bertz CT molecular complexity index is 549. The van der Waals surface area contributed by atoms with Gasteiger partial charge < -0.3 is 9.88 Å².